The van der Waals surface area contributed by atoms with Crippen LogP contribution in [-0.2, 0) is 16.0 Å². The number of esters is 1. The summed E-state index contributed by atoms with van der Waals surface area (Å²) in [4.78, 5) is 14.7. The Kier molecular flexibility index (Phi) is 4.94. The molecule has 0 aliphatic rings. The van der Waals surface area contributed by atoms with Crippen LogP contribution in [0.25, 0.3) is 0 Å². The topological polar surface area (TPSA) is 48.4 Å². The van der Waals surface area contributed by atoms with Crippen molar-refractivity contribution in [2.45, 2.75) is 19.8 Å². The lowest BCUT2D eigenvalue weighted by molar-refractivity contribution is -0.142. The average Bonchev–Trinajstić information content (AvgIpc) is 2.28. The zero-order valence-electron chi connectivity index (χ0n) is 9.87. The number of hydrogen-bond donors (Lipinski definition) is 0. The summed E-state index contributed by atoms with van der Waals surface area (Å²) in [6.07, 6.45) is -3.36. The Morgan fingerprint density at radius 3 is 2.67 bits per heavy atom. The Hall–Kier alpha value is -1.79. The van der Waals surface area contributed by atoms with Gasteiger partial charge < -0.3 is 9.47 Å². The number of carbonyl (C=O) groups excluding carboxylic acids is 1. The molecule has 0 bridgehead atoms. The summed E-state index contributed by atoms with van der Waals surface area (Å²) in [6, 6.07) is 0.877. The number of aromatic nitrogens is 1. The highest BCUT2D eigenvalue weighted by Gasteiger charge is 2.22. The first-order valence-electron chi connectivity index (χ1n) is 5.16. The molecule has 0 aromatic carbocycles. The summed E-state index contributed by atoms with van der Waals surface area (Å²) in [5.41, 5.74) is -0.946. The molecule has 0 saturated heterocycles. The summed E-state index contributed by atoms with van der Waals surface area (Å²) in [5, 5.41) is 0. The van der Waals surface area contributed by atoms with E-state index in [-0.39, 0.29) is 18.7 Å². The monoisotopic (exact) mass is 263 g/mol. The maximum Gasteiger partial charge on any atom is 0.311 e. The fourth-order valence-electron chi connectivity index (χ4n) is 1.37. The molecule has 0 aliphatic heterocycles. The van der Waals surface area contributed by atoms with Gasteiger partial charge in [-0.05, 0) is 13.0 Å². The second kappa shape index (κ2) is 6.23. The van der Waals surface area contributed by atoms with Gasteiger partial charge in [-0.15, -0.1) is 0 Å². The number of carbonyl (C=O) groups is 1. The second-order valence-electron chi connectivity index (χ2n) is 3.30. The van der Waals surface area contributed by atoms with Gasteiger partial charge in [-0.2, -0.15) is 0 Å². The van der Waals surface area contributed by atoms with Crippen molar-refractivity contribution in [1.29, 1.82) is 0 Å². The Balaban J connectivity index is 3.05. The number of halogens is 3. The largest absolute Gasteiger partial charge is 0.492 e. The molecule has 7 heteroatoms. The first kappa shape index (κ1) is 14.3. The van der Waals surface area contributed by atoms with Gasteiger partial charge in [0.25, 0.3) is 6.43 Å². The molecule has 0 atom stereocenters. The van der Waals surface area contributed by atoms with Crippen molar-refractivity contribution in [2.75, 3.05) is 13.7 Å². The Morgan fingerprint density at radius 2 is 2.17 bits per heavy atom. The minimum absolute atomic E-state index is 0.123. The van der Waals surface area contributed by atoms with E-state index in [0.29, 0.717) is 0 Å². The third-order valence-corrected chi connectivity index (χ3v) is 2.05. The van der Waals surface area contributed by atoms with Crippen LogP contribution in [0.15, 0.2) is 6.07 Å². The molecule has 0 aliphatic carbocycles. The van der Waals surface area contributed by atoms with Gasteiger partial charge in [0, 0.05) is 0 Å². The van der Waals surface area contributed by atoms with Crippen LogP contribution in [-0.4, -0.2) is 24.7 Å². The summed E-state index contributed by atoms with van der Waals surface area (Å²) < 4.78 is 47.9. The number of hydrogen-bond acceptors (Lipinski definition) is 4. The van der Waals surface area contributed by atoms with E-state index in [1.54, 1.807) is 6.92 Å². The molecule has 4 nitrogen and oxygen atoms in total. The van der Waals surface area contributed by atoms with Gasteiger partial charge in [-0.1, -0.05) is 0 Å². The number of methoxy groups -OCH3 is 1. The lowest BCUT2D eigenvalue weighted by Crippen LogP contribution is -2.11. The van der Waals surface area contributed by atoms with Crippen LogP contribution in [0.3, 0.4) is 0 Å². The van der Waals surface area contributed by atoms with E-state index in [1.807, 2.05) is 0 Å². The Morgan fingerprint density at radius 1 is 1.50 bits per heavy atom. The highest BCUT2D eigenvalue weighted by molar-refractivity contribution is 5.72. The van der Waals surface area contributed by atoms with Crippen LogP contribution in [0.5, 0.6) is 5.75 Å². The van der Waals surface area contributed by atoms with Gasteiger partial charge in [-0.25, -0.2) is 18.2 Å². The van der Waals surface area contributed by atoms with Gasteiger partial charge in [0.2, 0.25) is 0 Å². The standard InChI is InChI=1S/C11H12F3NO3/c1-3-18-8(16)5-6-4-7(12)10(17-2)9(15-6)11(13)14/h4,11H,3,5H2,1-2H3. The fraction of sp³-hybridized carbons (Fsp3) is 0.455. The fourth-order valence-corrected chi connectivity index (χ4v) is 1.37. The van der Waals surface area contributed by atoms with Crippen molar-refractivity contribution < 1.29 is 27.4 Å². The number of alkyl halides is 2. The van der Waals surface area contributed by atoms with Crippen LogP contribution in [0, 0.1) is 5.82 Å². The van der Waals surface area contributed by atoms with E-state index >= 15 is 0 Å². The third kappa shape index (κ3) is 3.35. The number of rotatable bonds is 5. The van der Waals surface area contributed by atoms with Gasteiger partial charge in [0.15, 0.2) is 17.3 Å². The van der Waals surface area contributed by atoms with Gasteiger partial charge in [0.05, 0.1) is 25.8 Å². The number of nitrogens with zero attached hydrogens (tertiary/aromatic N) is 1. The summed E-state index contributed by atoms with van der Waals surface area (Å²) in [7, 11) is 1.07. The van der Waals surface area contributed by atoms with E-state index in [2.05, 4.69) is 14.5 Å². The molecular weight excluding hydrogens is 251 g/mol. The SMILES string of the molecule is CCOC(=O)Cc1cc(F)c(OC)c(C(F)F)n1. The molecule has 0 amide bonds. The highest BCUT2D eigenvalue weighted by atomic mass is 19.3. The average molecular weight is 263 g/mol. The van der Waals surface area contributed by atoms with Crippen molar-refractivity contribution in [1.82, 2.24) is 4.98 Å². The molecule has 100 valence electrons. The highest BCUT2D eigenvalue weighted by Crippen LogP contribution is 2.30. The lowest BCUT2D eigenvalue weighted by atomic mass is 10.2. The minimum Gasteiger partial charge on any atom is -0.492 e. The molecule has 1 rings (SSSR count). The first-order valence-corrected chi connectivity index (χ1v) is 5.16. The van der Waals surface area contributed by atoms with E-state index in [1.165, 1.54) is 0 Å². The van der Waals surface area contributed by atoms with Crippen LogP contribution < -0.4 is 4.74 Å². The van der Waals surface area contributed by atoms with Crippen molar-refractivity contribution in [3.63, 3.8) is 0 Å². The Labute approximate surface area is 102 Å². The molecule has 0 radical (unpaired) electrons. The van der Waals surface area contributed by atoms with Crippen LogP contribution in [0.4, 0.5) is 13.2 Å². The van der Waals surface area contributed by atoms with Crippen molar-refractivity contribution in [2.24, 2.45) is 0 Å². The molecule has 0 fully saturated rings. The van der Waals surface area contributed by atoms with Crippen LogP contribution >= 0.6 is 0 Å². The predicted molar refractivity (Wildman–Crippen MR) is 56.0 cm³/mol. The van der Waals surface area contributed by atoms with Gasteiger partial charge in [-0.3, -0.25) is 4.79 Å². The van der Waals surface area contributed by atoms with Crippen LogP contribution in [0.1, 0.15) is 24.7 Å². The number of pyridine rings is 1. The maximum absolute atomic E-state index is 13.5. The minimum atomic E-state index is -2.99. The van der Waals surface area contributed by atoms with Crippen molar-refractivity contribution in [3.05, 3.63) is 23.3 Å². The van der Waals surface area contributed by atoms with Gasteiger partial charge in [0.1, 0.15) is 0 Å². The first-order chi connectivity index (χ1) is 8.49. The van der Waals surface area contributed by atoms with E-state index < -0.39 is 29.7 Å². The number of ether oxygens (including phenoxy) is 2. The second-order valence-corrected chi connectivity index (χ2v) is 3.30. The summed E-state index contributed by atoms with van der Waals surface area (Å²) in [5.74, 6) is -2.26. The Bertz CT molecular complexity index is 438. The third-order valence-electron chi connectivity index (χ3n) is 2.05. The summed E-state index contributed by atoms with van der Waals surface area (Å²) in [6.45, 7) is 1.75. The van der Waals surface area contributed by atoms with Crippen LogP contribution in [0.2, 0.25) is 0 Å². The van der Waals surface area contributed by atoms with E-state index in [0.717, 1.165) is 13.2 Å². The molecule has 1 aromatic heterocycles. The molecule has 0 unspecified atom stereocenters. The van der Waals surface area contributed by atoms with Crippen molar-refractivity contribution in [3.8, 4) is 5.75 Å². The molecule has 0 N–H and O–H groups in total. The zero-order chi connectivity index (χ0) is 13.7. The van der Waals surface area contributed by atoms with E-state index in [4.69, 9.17) is 0 Å². The zero-order valence-corrected chi connectivity index (χ0v) is 9.87. The molecule has 18 heavy (non-hydrogen) atoms. The molecule has 0 spiro atoms. The normalized spacial score (nSPS) is 10.6. The van der Waals surface area contributed by atoms with E-state index in [9.17, 15) is 18.0 Å². The quantitative estimate of drug-likeness (QED) is 0.765. The lowest BCUT2D eigenvalue weighted by Gasteiger charge is -2.10. The van der Waals surface area contributed by atoms with Gasteiger partial charge >= 0.3 is 5.97 Å². The molecule has 1 heterocycles. The predicted octanol–water partition coefficient (Wildman–Crippen LogP) is 2.27. The maximum atomic E-state index is 13.5. The molecular formula is C11H12F3NO3. The molecule has 0 saturated carbocycles. The smallest absolute Gasteiger partial charge is 0.311 e. The summed E-state index contributed by atoms with van der Waals surface area (Å²) >= 11 is 0. The molecule has 1 aromatic rings. The van der Waals surface area contributed by atoms with Crippen molar-refractivity contribution >= 4 is 5.97 Å².